The summed E-state index contributed by atoms with van der Waals surface area (Å²) in [4.78, 5) is 19.1. The Labute approximate surface area is 130 Å². The SMILES string of the molecule is CCC(O)(c1ccc(C(=O)NC(C)(C)C)cc1)c1c[nH]cn1. The zero-order valence-corrected chi connectivity index (χ0v) is 13.5. The van der Waals surface area contributed by atoms with E-state index in [1.54, 1.807) is 36.8 Å². The second-order valence-electron chi connectivity index (χ2n) is 6.45. The van der Waals surface area contributed by atoms with Crippen LogP contribution in [0.25, 0.3) is 0 Å². The summed E-state index contributed by atoms with van der Waals surface area (Å²) in [5, 5.41) is 13.8. The second kappa shape index (κ2) is 5.93. The van der Waals surface area contributed by atoms with Crippen LogP contribution < -0.4 is 5.32 Å². The molecule has 5 nitrogen and oxygen atoms in total. The number of aromatic amines is 1. The summed E-state index contributed by atoms with van der Waals surface area (Å²) in [7, 11) is 0. The van der Waals surface area contributed by atoms with Gasteiger partial charge in [-0.1, -0.05) is 19.1 Å². The fourth-order valence-electron chi connectivity index (χ4n) is 2.33. The smallest absolute Gasteiger partial charge is 0.251 e. The maximum absolute atomic E-state index is 12.1. The summed E-state index contributed by atoms with van der Waals surface area (Å²) in [6.07, 6.45) is 3.72. The summed E-state index contributed by atoms with van der Waals surface area (Å²) in [6, 6.07) is 7.00. The van der Waals surface area contributed by atoms with E-state index >= 15 is 0 Å². The highest BCUT2D eigenvalue weighted by Crippen LogP contribution is 2.31. The highest BCUT2D eigenvalue weighted by atomic mass is 16.3. The van der Waals surface area contributed by atoms with Gasteiger partial charge in [-0.2, -0.15) is 0 Å². The molecule has 0 aliphatic heterocycles. The lowest BCUT2D eigenvalue weighted by Gasteiger charge is -2.26. The zero-order chi connectivity index (χ0) is 16.4. The molecule has 22 heavy (non-hydrogen) atoms. The molecule has 1 aromatic carbocycles. The number of carbonyl (C=O) groups excluding carboxylic acids is 1. The molecule has 2 rings (SSSR count). The first-order valence-electron chi connectivity index (χ1n) is 7.41. The van der Waals surface area contributed by atoms with Crippen molar-refractivity contribution in [3.05, 3.63) is 53.6 Å². The lowest BCUT2D eigenvalue weighted by atomic mass is 9.88. The molecule has 0 saturated heterocycles. The number of aliphatic hydroxyl groups is 1. The number of benzene rings is 1. The molecular weight excluding hydrogens is 278 g/mol. The van der Waals surface area contributed by atoms with Gasteiger partial charge in [0.1, 0.15) is 5.60 Å². The molecule has 0 aliphatic rings. The molecule has 0 aliphatic carbocycles. The van der Waals surface area contributed by atoms with E-state index < -0.39 is 5.60 Å². The summed E-state index contributed by atoms with van der Waals surface area (Å²) in [6.45, 7) is 7.71. The van der Waals surface area contributed by atoms with Gasteiger partial charge in [0.15, 0.2) is 0 Å². The number of aromatic nitrogens is 2. The maximum Gasteiger partial charge on any atom is 0.251 e. The lowest BCUT2D eigenvalue weighted by molar-refractivity contribution is 0.0722. The topological polar surface area (TPSA) is 78.0 Å². The van der Waals surface area contributed by atoms with Crippen LogP contribution >= 0.6 is 0 Å². The highest BCUT2D eigenvalue weighted by molar-refractivity contribution is 5.94. The van der Waals surface area contributed by atoms with E-state index in [2.05, 4.69) is 15.3 Å². The van der Waals surface area contributed by atoms with Crippen LogP contribution in [0.5, 0.6) is 0 Å². The summed E-state index contributed by atoms with van der Waals surface area (Å²) in [5.41, 5.74) is 0.420. The minimum Gasteiger partial charge on any atom is -0.379 e. The number of rotatable bonds is 4. The van der Waals surface area contributed by atoms with Gasteiger partial charge in [-0.25, -0.2) is 4.98 Å². The minimum atomic E-state index is -1.15. The van der Waals surface area contributed by atoms with Crippen molar-refractivity contribution in [2.75, 3.05) is 0 Å². The third-order valence-corrected chi connectivity index (χ3v) is 3.55. The Kier molecular flexibility index (Phi) is 4.37. The molecule has 118 valence electrons. The fraction of sp³-hybridized carbons (Fsp3) is 0.412. The van der Waals surface area contributed by atoms with Gasteiger partial charge in [-0.3, -0.25) is 4.79 Å². The molecule has 1 aromatic heterocycles. The van der Waals surface area contributed by atoms with Crippen molar-refractivity contribution in [1.82, 2.24) is 15.3 Å². The average Bonchev–Trinajstić information content (AvgIpc) is 2.99. The molecule has 2 aromatic rings. The van der Waals surface area contributed by atoms with E-state index in [-0.39, 0.29) is 11.4 Å². The van der Waals surface area contributed by atoms with Crippen molar-refractivity contribution < 1.29 is 9.90 Å². The van der Waals surface area contributed by atoms with Gasteiger partial charge in [-0.15, -0.1) is 0 Å². The molecular formula is C17H23N3O2. The molecule has 1 atom stereocenters. The number of H-pyrrole nitrogens is 1. The van der Waals surface area contributed by atoms with Crippen LogP contribution in [0.15, 0.2) is 36.8 Å². The van der Waals surface area contributed by atoms with Crippen LogP contribution in [0.2, 0.25) is 0 Å². The van der Waals surface area contributed by atoms with Gasteiger partial charge >= 0.3 is 0 Å². The van der Waals surface area contributed by atoms with Crippen molar-refractivity contribution >= 4 is 5.91 Å². The number of nitrogens with one attached hydrogen (secondary N) is 2. The van der Waals surface area contributed by atoms with Crippen LogP contribution in [0.4, 0.5) is 0 Å². The fourth-order valence-corrected chi connectivity index (χ4v) is 2.33. The third-order valence-electron chi connectivity index (χ3n) is 3.55. The summed E-state index contributed by atoms with van der Waals surface area (Å²) < 4.78 is 0. The normalized spacial score (nSPS) is 14.4. The maximum atomic E-state index is 12.1. The molecule has 0 saturated carbocycles. The van der Waals surface area contributed by atoms with Crippen LogP contribution in [0, 0.1) is 0 Å². The predicted octanol–water partition coefficient (Wildman–Crippen LogP) is 2.58. The second-order valence-corrected chi connectivity index (χ2v) is 6.45. The number of amides is 1. The first kappa shape index (κ1) is 16.2. The van der Waals surface area contributed by atoms with Gasteiger partial charge in [0.25, 0.3) is 5.91 Å². The van der Waals surface area contributed by atoms with Gasteiger partial charge in [0, 0.05) is 17.3 Å². The van der Waals surface area contributed by atoms with Crippen molar-refractivity contribution in [2.45, 2.75) is 45.3 Å². The number of carbonyl (C=O) groups is 1. The van der Waals surface area contributed by atoms with Crippen LogP contribution in [-0.2, 0) is 5.60 Å². The van der Waals surface area contributed by atoms with Crippen LogP contribution in [0.1, 0.15) is 55.7 Å². The Morgan fingerprint density at radius 2 is 1.91 bits per heavy atom. The van der Waals surface area contributed by atoms with Crippen molar-refractivity contribution in [3.63, 3.8) is 0 Å². The quantitative estimate of drug-likeness (QED) is 0.812. The van der Waals surface area contributed by atoms with E-state index in [9.17, 15) is 9.90 Å². The van der Waals surface area contributed by atoms with Crippen molar-refractivity contribution in [3.8, 4) is 0 Å². The molecule has 0 fully saturated rings. The van der Waals surface area contributed by atoms with Crippen LogP contribution in [0.3, 0.4) is 0 Å². The number of imidazole rings is 1. The van der Waals surface area contributed by atoms with E-state index in [1.807, 2.05) is 27.7 Å². The van der Waals surface area contributed by atoms with Gasteiger partial charge in [-0.05, 0) is 44.9 Å². The molecule has 1 heterocycles. The first-order valence-corrected chi connectivity index (χ1v) is 7.41. The van der Waals surface area contributed by atoms with Crippen molar-refractivity contribution in [1.29, 1.82) is 0 Å². The highest BCUT2D eigenvalue weighted by Gasteiger charge is 2.31. The van der Waals surface area contributed by atoms with Gasteiger partial charge in [0.05, 0.1) is 12.0 Å². The largest absolute Gasteiger partial charge is 0.379 e. The molecule has 0 spiro atoms. The zero-order valence-electron chi connectivity index (χ0n) is 13.5. The third kappa shape index (κ3) is 3.36. The standard InChI is InChI=1S/C17H23N3O2/c1-5-17(22,14-10-18-11-19-14)13-8-6-12(7-9-13)15(21)20-16(2,3)4/h6-11,22H,5H2,1-4H3,(H,18,19)(H,20,21). The van der Waals surface area contributed by atoms with Gasteiger partial charge < -0.3 is 15.4 Å². The molecule has 3 N–H and O–H groups in total. The van der Waals surface area contributed by atoms with Crippen LogP contribution in [-0.4, -0.2) is 26.5 Å². The Hall–Kier alpha value is -2.14. The number of nitrogens with zero attached hydrogens (tertiary/aromatic N) is 1. The number of hydrogen-bond acceptors (Lipinski definition) is 3. The first-order chi connectivity index (χ1) is 10.3. The minimum absolute atomic E-state index is 0.126. The Morgan fingerprint density at radius 1 is 1.27 bits per heavy atom. The average molecular weight is 301 g/mol. The van der Waals surface area contributed by atoms with E-state index in [0.717, 1.165) is 5.56 Å². The van der Waals surface area contributed by atoms with E-state index in [1.165, 1.54) is 0 Å². The van der Waals surface area contributed by atoms with E-state index in [4.69, 9.17) is 0 Å². The predicted molar refractivity (Wildman–Crippen MR) is 85.5 cm³/mol. The Bertz CT molecular complexity index is 627. The summed E-state index contributed by atoms with van der Waals surface area (Å²) >= 11 is 0. The van der Waals surface area contributed by atoms with E-state index in [0.29, 0.717) is 17.7 Å². The molecule has 1 amide bonds. The molecule has 1 unspecified atom stereocenters. The Morgan fingerprint density at radius 3 is 2.36 bits per heavy atom. The van der Waals surface area contributed by atoms with Gasteiger partial charge in [0.2, 0.25) is 0 Å². The molecule has 5 heteroatoms. The monoisotopic (exact) mass is 301 g/mol. The van der Waals surface area contributed by atoms with Crippen molar-refractivity contribution in [2.24, 2.45) is 0 Å². The summed E-state index contributed by atoms with van der Waals surface area (Å²) in [5.74, 6) is -0.126. The lowest BCUT2D eigenvalue weighted by Crippen LogP contribution is -2.40. The molecule has 0 radical (unpaired) electrons. The number of hydrogen-bond donors (Lipinski definition) is 3. The molecule has 0 bridgehead atoms. The Balaban J connectivity index is 2.26.